The Kier molecular flexibility index (Phi) is 5.42. The highest BCUT2D eigenvalue weighted by atomic mass is 32.2. The van der Waals surface area contributed by atoms with E-state index in [2.05, 4.69) is 5.32 Å². The second-order valence-electron chi connectivity index (χ2n) is 4.72. The Labute approximate surface area is 121 Å². The van der Waals surface area contributed by atoms with Crippen LogP contribution in [0.1, 0.15) is 18.1 Å². The molecule has 1 atom stereocenters. The second-order valence-corrected chi connectivity index (χ2v) is 6.83. The van der Waals surface area contributed by atoms with E-state index in [1.807, 2.05) is 0 Å². The van der Waals surface area contributed by atoms with E-state index >= 15 is 0 Å². The molecule has 0 saturated heterocycles. The number of rotatable bonds is 6. The highest BCUT2D eigenvalue weighted by Crippen LogP contribution is 2.14. The Morgan fingerprint density at radius 3 is 2.48 bits per heavy atom. The van der Waals surface area contributed by atoms with Crippen molar-refractivity contribution in [2.75, 3.05) is 5.75 Å². The van der Waals surface area contributed by atoms with Gasteiger partial charge in [0.05, 0.1) is 11.5 Å². The van der Waals surface area contributed by atoms with Gasteiger partial charge in [-0.2, -0.15) is 0 Å². The van der Waals surface area contributed by atoms with E-state index < -0.39 is 45.1 Å². The minimum atomic E-state index is -3.78. The molecule has 0 fully saturated rings. The number of aliphatic carboxylic acids is 1. The molecular formula is C13H16FNO5S. The molecule has 0 spiro atoms. The van der Waals surface area contributed by atoms with Crippen LogP contribution >= 0.6 is 0 Å². The third-order valence-corrected chi connectivity index (χ3v) is 4.37. The normalized spacial score (nSPS) is 12.7. The number of aryl methyl sites for hydroxylation is 1. The first kappa shape index (κ1) is 17.1. The van der Waals surface area contributed by atoms with Crippen LogP contribution in [0.3, 0.4) is 0 Å². The van der Waals surface area contributed by atoms with Gasteiger partial charge in [-0.25, -0.2) is 17.6 Å². The number of halogens is 1. The maximum absolute atomic E-state index is 13.0. The van der Waals surface area contributed by atoms with E-state index in [0.717, 1.165) is 13.0 Å². The molecule has 2 N–H and O–H groups in total. The van der Waals surface area contributed by atoms with Gasteiger partial charge in [-0.15, -0.1) is 0 Å². The molecule has 0 aliphatic rings. The fourth-order valence-electron chi connectivity index (χ4n) is 1.79. The Bertz CT molecular complexity index is 657. The molecule has 0 heterocycles. The first-order chi connectivity index (χ1) is 9.60. The lowest BCUT2D eigenvalue weighted by Gasteiger charge is -2.14. The zero-order valence-corrected chi connectivity index (χ0v) is 12.4. The number of hydrogen-bond acceptors (Lipinski definition) is 4. The van der Waals surface area contributed by atoms with E-state index in [1.54, 1.807) is 6.92 Å². The van der Waals surface area contributed by atoms with Gasteiger partial charge < -0.3 is 10.4 Å². The summed E-state index contributed by atoms with van der Waals surface area (Å²) < 4.78 is 37.0. The lowest BCUT2D eigenvalue weighted by Crippen LogP contribution is -2.44. The highest BCUT2D eigenvalue weighted by molar-refractivity contribution is 7.90. The number of amides is 1. The molecule has 1 aromatic carbocycles. The topological polar surface area (TPSA) is 101 Å². The maximum atomic E-state index is 13.0. The van der Waals surface area contributed by atoms with Gasteiger partial charge in [0, 0.05) is 6.92 Å². The molecule has 8 heteroatoms. The summed E-state index contributed by atoms with van der Waals surface area (Å²) in [5.74, 6) is -3.67. The van der Waals surface area contributed by atoms with Crippen molar-refractivity contribution in [3.63, 3.8) is 0 Å². The van der Waals surface area contributed by atoms with Crippen LogP contribution in [0, 0.1) is 12.7 Å². The van der Waals surface area contributed by atoms with Gasteiger partial charge in [0.15, 0.2) is 9.84 Å². The fraction of sp³-hybridized carbons (Fsp3) is 0.385. The molecule has 1 amide bonds. The Morgan fingerprint density at radius 2 is 2.00 bits per heavy atom. The summed E-state index contributed by atoms with van der Waals surface area (Å²) in [7, 11) is -3.78. The summed E-state index contributed by atoms with van der Waals surface area (Å²) in [6.07, 6.45) is 0. The quantitative estimate of drug-likeness (QED) is 0.802. The van der Waals surface area contributed by atoms with Crippen LogP contribution in [0.2, 0.25) is 0 Å². The average molecular weight is 317 g/mol. The number of sulfone groups is 1. The van der Waals surface area contributed by atoms with Gasteiger partial charge in [-0.3, -0.25) is 4.79 Å². The predicted molar refractivity (Wildman–Crippen MR) is 73.9 cm³/mol. The molecule has 21 heavy (non-hydrogen) atoms. The lowest BCUT2D eigenvalue weighted by molar-refractivity contribution is -0.140. The van der Waals surface area contributed by atoms with Gasteiger partial charge in [0.2, 0.25) is 5.91 Å². The maximum Gasteiger partial charge on any atom is 0.327 e. The van der Waals surface area contributed by atoms with Crippen LogP contribution in [0.15, 0.2) is 18.2 Å². The molecule has 6 nitrogen and oxygen atoms in total. The van der Waals surface area contributed by atoms with Crippen LogP contribution in [0.4, 0.5) is 4.39 Å². The number of carbonyl (C=O) groups is 2. The number of carboxylic acid groups (broad SMARTS) is 1. The Balaban J connectivity index is 2.90. The lowest BCUT2D eigenvalue weighted by atomic mass is 10.1. The molecule has 0 bridgehead atoms. The van der Waals surface area contributed by atoms with Crippen LogP contribution < -0.4 is 5.32 Å². The largest absolute Gasteiger partial charge is 0.480 e. The number of hydrogen-bond donors (Lipinski definition) is 2. The monoisotopic (exact) mass is 317 g/mol. The molecule has 1 aromatic rings. The van der Waals surface area contributed by atoms with Crippen LogP contribution in [-0.4, -0.2) is 37.2 Å². The van der Waals surface area contributed by atoms with Crippen molar-refractivity contribution >= 4 is 21.7 Å². The van der Waals surface area contributed by atoms with Gasteiger partial charge in [0.1, 0.15) is 11.9 Å². The van der Waals surface area contributed by atoms with Crippen molar-refractivity contribution in [1.29, 1.82) is 0 Å². The van der Waals surface area contributed by atoms with Gasteiger partial charge in [-0.1, -0.05) is 6.07 Å². The van der Waals surface area contributed by atoms with E-state index in [9.17, 15) is 22.4 Å². The number of nitrogens with one attached hydrogen (secondary N) is 1. The summed E-state index contributed by atoms with van der Waals surface area (Å²) >= 11 is 0. The summed E-state index contributed by atoms with van der Waals surface area (Å²) in [6.45, 7) is 2.67. The zero-order chi connectivity index (χ0) is 16.2. The molecule has 0 unspecified atom stereocenters. The predicted octanol–water partition coefficient (Wildman–Crippen LogP) is 0.638. The van der Waals surface area contributed by atoms with Crippen molar-refractivity contribution in [2.24, 2.45) is 0 Å². The Morgan fingerprint density at radius 1 is 1.38 bits per heavy atom. The van der Waals surface area contributed by atoms with Crippen LogP contribution in [0.5, 0.6) is 0 Å². The smallest absolute Gasteiger partial charge is 0.327 e. The highest BCUT2D eigenvalue weighted by Gasteiger charge is 2.26. The van der Waals surface area contributed by atoms with Crippen molar-refractivity contribution in [2.45, 2.75) is 25.6 Å². The summed E-state index contributed by atoms with van der Waals surface area (Å²) in [5, 5.41) is 11.0. The van der Waals surface area contributed by atoms with E-state index in [-0.39, 0.29) is 0 Å². The standard InChI is InChI=1S/C13H16FNO5S/c1-8-5-11(14)4-3-10(8)6-21(19,20)7-12(13(17)18)15-9(2)16/h3-5,12H,6-7H2,1-2H3,(H,15,16)(H,17,18)/t12-/m0/s1. The van der Waals surface area contributed by atoms with Crippen LogP contribution in [-0.2, 0) is 25.2 Å². The third kappa shape index (κ3) is 5.50. The molecular weight excluding hydrogens is 301 g/mol. The van der Waals surface area contributed by atoms with E-state index in [0.29, 0.717) is 11.1 Å². The zero-order valence-electron chi connectivity index (χ0n) is 11.6. The van der Waals surface area contributed by atoms with Crippen molar-refractivity contribution in [3.8, 4) is 0 Å². The summed E-state index contributed by atoms with van der Waals surface area (Å²) in [6, 6.07) is 2.18. The van der Waals surface area contributed by atoms with E-state index in [4.69, 9.17) is 5.11 Å². The molecule has 0 aliphatic carbocycles. The average Bonchev–Trinajstić information content (AvgIpc) is 2.31. The van der Waals surface area contributed by atoms with Gasteiger partial charge >= 0.3 is 5.97 Å². The van der Waals surface area contributed by atoms with Crippen LogP contribution in [0.25, 0.3) is 0 Å². The first-order valence-corrected chi connectivity index (χ1v) is 7.88. The molecule has 116 valence electrons. The second kappa shape index (κ2) is 6.66. The molecule has 0 aliphatic heterocycles. The molecule has 1 rings (SSSR count). The minimum absolute atomic E-state index is 0.392. The van der Waals surface area contributed by atoms with Crippen molar-refractivity contribution < 1.29 is 27.5 Å². The number of carbonyl (C=O) groups excluding carboxylic acids is 1. The van der Waals surface area contributed by atoms with Gasteiger partial charge in [-0.05, 0) is 30.2 Å². The molecule has 0 radical (unpaired) electrons. The van der Waals surface area contributed by atoms with Crippen molar-refractivity contribution in [1.82, 2.24) is 5.32 Å². The number of carboxylic acids is 1. The SMILES string of the molecule is CC(=O)N[C@@H](CS(=O)(=O)Cc1ccc(F)cc1C)C(=O)O. The number of benzene rings is 1. The molecule has 0 saturated carbocycles. The fourth-order valence-corrected chi connectivity index (χ4v) is 3.44. The van der Waals surface area contributed by atoms with Crippen molar-refractivity contribution in [3.05, 3.63) is 35.1 Å². The third-order valence-electron chi connectivity index (χ3n) is 2.78. The minimum Gasteiger partial charge on any atom is -0.480 e. The first-order valence-electron chi connectivity index (χ1n) is 6.06. The summed E-state index contributed by atoms with van der Waals surface area (Å²) in [4.78, 5) is 21.8. The molecule has 0 aromatic heterocycles. The summed E-state index contributed by atoms with van der Waals surface area (Å²) in [5.41, 5.74) is 0.855. The van der Waals surface area contributed by atoms with Gasteiger partial charge in [0.25, 0.3) is 0 Å². The van der Waals surface area contributed by atoms with E-state index in [1.165, 1.54) is 12.1 Å². The Hall–Kier alpha value is -1.96.